The molecule has 1 aliphatic carbocycles. The fraction of sp³-hybridized carbons (Fsp3) is 0.353. The Hall–Kier alpha value is -2.12. The highest BCUT2D eigenvalue weighted by Crippen LogP contribution is 2.48. The molecule has 3 nitrogen and oxygen atoms in total. The summed E-state index contributed by atoms with van der Waals surface area (Å²) in [6, 6.07) is 12.2. The van der Waals surface area contributed by atoms with E-state index in [1.54, 1.807) is 13.2 Å². The fourth-order valence-electron chi connectivity index (χ4n) is 3.37. The molecule has 0 atom stereocenters. The zero-order valence-corrected chi connectivity index (χ0v) is 11.6. The summed E-state index contributed by atoms with van der Waals surface area (Å²) in [5, 5.41) is 2.27. The van der Waals surface area contributed by atoms with E-state index in [4.69, 9.17) is 4.74 Å². The highest BCUT2D eigenvalue weighted by Gasteiger charge is 2.39. The van der Waals surface area contributed by atoms with E-state index in [2.05, 4.69) is 17.1 Å². The Morgan fingerprint density at radius 1 is 1.15 bits per heavy atom. The number of nitrogens with zero attached hydrogens (tertiary/aromatic N) is 1. The summed E-state index contributed by atoms with van der Waals surface area (Å²) < 4.78 is 5.55. The molecule has 0 spiro atoms. The number of benzene rings is 2. The predicted molar refractivity (Wildman–Crippen MR) is 78.8 cm³/mol. The van der Waals surface area contributed by atoms with E-state index >= 15 is 0 Å². The van der Waals surface area contributed by atoms with Gasteiger partial charge in [0.2, 0.25) is 6.08 Å². The van der Waals surface area contributed by atoms with Gasteiger partial charge in [-0.3, -0.25) is 0 Å². The van der Waals surface area contributed by atoms with Gasteiger partial charge < -0.3 is 4.74 Å². The van der Waals surface area contributed by atoms with Crippen LogP contribution in [0.2, 0.25) is 0 Å². The van der Waals surface area contributed by atoms with Crippen LogP contribution in [0.5, 0.6) is 5.75 Å². The van der Waals surface area contributed by atoms with Gasteiger partial charge in [0.05, 0.1) is 7.11 Å². The van der Waals surface area contributed by atoms with Crippen LogP contribution in [0.1, 0.15) is 31.2 Å². The molecule has 0 bridgehead atoms. The number of hydrogen-bond acceptors (Lipinski definition) is 3. The van der Waals surface area contributed by atoms with Crippen molar-refractivity contribution >= 4 is 16.9 Å². The average molecular weight is 267 g/mol. The first-order valence-electron chi connectivity index (χ1n) is 6.96. The van der Waals surface area contributed by atoms with Gasteiger partial charge in [-0.1, -0.05) is 43.2 Å². The molecule has 0 unspecified atom stereocenters. The molecule has 102 valence electrons. The van der Waals surface area contributed by atoms with Crippen molar-refractivity contribution in [3.8, 4) is 5.75 Å². The van der Waals surface area contributed by atoms with E-state index in [0.717, 1.165) is 47.8 Å². The summed E-state index contributed by atoms with van der Waals surface area (Å²) in [6.07, 6.45) is 5.71. The van der Waals surface area contributed by atoms with Gasteiger partial charge in [0.25, 0.3) is 0 Å². The minimum atomic E-state index is -0.464. The molecule has 0 amide bonds. The maximum Gasteiger partial charge on any atom is 0.235 e. The van der Waals surface area contributed by atoms with Gasteiger partial charge in [-0.05, 0) is 29.7 Å². The molecule has 3 heteroatoms. The maximum atomic E-state index is 10.9. The second kappa shape index (κ2) is 5.10. The SMILES string of the molecule is COc1ccc2ccccc2c1C1(N=C=O)CCCC1. The Morgan fingerprint density at radius 3 is 2.60 bits per heavy atom. The number of isocyanates is 1. The van der Waals surface area contributed by atoms with Crippen molar-refractivity contribution < 1.29 is 9.53 Å². The van der Waals surface area contributed by atoms with Crippen molar-refractivity contribution in [1.29, 1.82) is 0 Å². The van der Waals surface area contributed by atoms with Gasteiger partial charge in [-0.2, -0.15) is 4.99 Å². The molecule has 1 aliphatic rings. The molecule has 2 aromatic carbocycles. The highest BCUT2D eigenvalue weighted by molar-refractivity contribution is 5.89. The largest absolute Gasteiger partial charge is 0.496 e. The number of ether oxygens (including phenoxy) is 1. The van der Waals surface area contributed by atoms with Gasteiger partial charge in [0, 0.05) is 5.56 Å². The number of hydrogen-bond donors (Lipinski definition) is 0. The van der Waals surface area contributed by atoms with E-state index in [1.807, 2.05) is 24.3 Å². The smallest absolute Gasteiger partial charge is 0.235 e. The highest BCUT2D eigenvalue weighted by atomic mass is 16.5. The monoisotopic (exact) mass is 267 g/mol. The van der Waals surface area contributed by atoms with Crippen molar-refractivity contribution in [2.45, 2.75) is 31.2 Å². The first-order chi connectivity index (χ1) is 9.80. The standard InChI is InChI=1S/C17H17NO2/c1-20-15-9-8-13-6-2-3-7-14(13)16(15)17(18-12-19)10-4-5-11-17/h2-3,6-9H,4-5,10-11H2,1H3. The zero-order chi connectivity index (χ0) is 14.0. The third-order valence-electron chi connectivity index (χ3n) is 4.27. The summed E-state index contributed by atoms with van der Waals surface area (Å²) in [6.45, 7) is 0. The second-order valence-corrected chi connectivity index (χ2v) is 5.31. The van der Waals surface area contributed by atoms with Crippen molar-refractivity contribution in [3.63, 3.8) is 0 Å². The predicted octanol–water partition coefficient (Wildman–Crippen LogP) is 3.95. The molecule has 1 saturated carbocycles. The Morgan fingerprint density at radius 2 is 1.90 bits per heavy atom. The van der Waals surface area contributed by atoms with Gasteiger partial charge in [0.15, 0.2) is 0 Å². The minimum Gasteiger partial charge on any atom is -0.496 e. The van der Waals surface area contributed by atoms with E-state index in [1.165, 1.54) is 0 Å². The van der Waals surface area contributed by atoms with Gasteiger partial charge >= 0.3 is 0 Å². The lowest BCUT2D eigenvalue weighted by Crippen LogP contribution is -2.20. The molecule has 0 N–H and O–H groups in total. The van der Waals surface area contributed by atoms with Crippen molar-refractivity contribution in [2.75, 3.05) is 7.11 Å². The quantitative estimate of drug-likeness (QED) is 0.623. The lowest BCUT2D eigenvalue weighted by atomic mass is 9.84. The Bertz CT molecular complexity index is 680. The summed E-state index contributed by atoms with van der Waals surface area (Å²) in [4.78, 5) is 15.1. The molecular formula is C17H17NO2. The summed E-state index contributed by atoms with van der Waals surface area (Å²) in [5.41, 5.74) is 0.576. The lowest BCUT2D eigenvalue weighted by Gasteiger charge is -2.26. The van der Waals surface area contributed by atoms with E-state index < -0.39 is 5.54 Å². The maximum absolute atomic E-state index is 10.9. The number of methoxy groups -OCH3 is 1. The lowest BCUT2D eigenvalue weighted by molar-refractivity contribution is 0.382. The van der Waals surface area contributed by atoms with Crippen molar-refractivity contribution in [2.24, 2.45) is 4.99 Å². The van der Waals surface area contributed by atoms with Gasteiger partial charge in [-0.15, -0.1) is 0 Å². The van der Waals surface area contributed by atoms with Gasteiger partial charge in [-0.25, -0.2) is 4.79 Å². The van der Waals surface area contributed by atoms with Crippen LogP contribution in [0.15, 0.2) is 41.4 Å². The molecule has 1 fully saturated rings. The summed E-state index contributed by atoms with van der Waals surface area (Å²) in [5.74, 6) is 0.810. The number of aliphatic imine (C=N–C) groups is 1. The second-order valence-electron chi connectivity index (χ2n) is 5.31. The Balaban J connectivity index is 2.35. The third kappa shape index (κ3) is 1.91. The Kier molecular flexibility index (Phi) is 3.29. The molecule has 2 aromatic rings. The molecule has 0 heterocycles. The minimum absolute atomic E-state index is 0.464. The van der Waals surface area contributed by atoms with Crippen LogP contribution < -0.4 is 4.74 Å². The number of carbonyl (C=O) groups excluding carboxylic acids is 1. The van der Waals surface area contributed by atoms with E-state index in [9.17, 15) is 4.79 Å². The van der Waals surface area contributed by atoms with Crippen LogP contribution in [0.4, 0.5) is 0 Å². The van der Waals surface area contributed by atoms with Crippen molar-refractivity contribution in [1.82, 2.24) is 0 Å². The topological polar surface area (TPSA) is 38.7 Å². The molecule has 0 aromatic heterocycles. The molecule has 0 radical (unpaired) electrons. The first-order valence-corrected chi connectivity index (χ1v) is 6.96. The van der Waals surface area contributed by atoms with E-state index in [-0.39, 0.29) is 0 Å². The van der Waals surface area contributed by atoms with Crippen LogP contribution in [0.25, 0.3) is 10.8 Å². The molecule has 0 saturated heterocycles. The van der Waals surface area contributed by atoms with Crippen LogP contribution >= 0.6 is 0 Å². The molecule has 20 heavy (non-hydrogen) atoms. The zero-order valence-electron chi connectivity index (χ0n) is 11.6. The van der Waals surface area contributed by atoms with Crippen LogP contribution in [0, 0.1) is 0 Å². The van der Waals surface area contributed by atoms with Crippen LogP contribution in [0.3, 0.4) is 0 Å². The van der Waals surface area contributed by atoms with Crippen LogP contribution in [-0.2, 0) is 10.3 Å². The van der Waals surface area contributed by atoms with Crippen LogP contribution in [-0.4, -0.2) is 13.2 Å². The average Bonchev–Trinajstić information content (AvgIpc) is 2.95. The fourth-order valence-corrected chi connectivity index (χ4v) is 3.37. The number of fused-ring (bicyclic) bond motifs is 1. The molecule has 3 rings (SSSR count). The summed E-state index contributed by atoms with van der Waals surface area (Å²) >= 11 is 0. The molecule has 0 aliphatic heterocycles. The Labute approximate surface area is 118 Å². The molecular weight excluding hydrogens is 250 g/mol. The summed E-state index contributed by atoms with van der Waals surface area (Å²) in [7, 11) is 1.67. The first kappa shape index (κ1) is 12.9. The third-order valence-corrected chi connectivity index (χ3v) is 4.27. The van der Waals surface area contributed by atoms with Crippen molar-refractivity contribution in [3.05, 3.63) is 42.0 Å². The van der Waals surface area contributed by atoms with Gasteiger partial charge in [0.1, 0.15) is 11.3 Å². The van der Waals surface area contributed by atoms with E-state index in [0.29, 0.717) is 0 Å². The normalized spacial score (nSPS) is 16.9. The number of rotatable bonds is 3.